The molecule has 1 aliphatic rings. The van der Waals surface area contributed by atoms with E-state index in [0.717, 1.165) is 19.1 Å². The van der Waals surface area contributed by atoms with Gasteiger partial charge in [0.1, 0.15) is 6.26 Å². The third-order valence-electron chi connectivity index (χ3n) is 3.54. The third-order valence-corrected chi connectivity index (χ3v) is 3.54. The van der Waals surface area contributed by atoms with E-state index in [1.165, 1.54) is 6.07 Å². The summed E-state index contributed by atoms with van der Waals surface area (Å²) in [6.45, 7) is 6.12. The fourth-order valence-corrected chi connectivity index (χ4v) is 2.24. The number of aromatic carboxylic acids is 1. The molecule has 2 rings (SSSR count). The topological polar surface area (TPSA) is 80.0 Å². The number of nitrogens with zero attached hydrogens (tertiary/aromatic N) is 1. The van der Waals surface area contributed by atoms with Gasteiger partial charge >= 0.3 is 5.97 Å². The van der Waals surface area contributed by atoms with Gasteiger partial charge in [-0.15, -0.1) is 0 Å². The predicted octanol–water partition coefficient (Wildman–Crippen LogP) is 2.26. The van der Waals surface area contributed by atoms with E-state index in [1.54, 1.807) is 4.90 Å². The van der Waals surface area contributed by atoms with Gasteiger partial charge in [-0.2, -0.15) is 0 Å². The van der Waals surface area contributed by atoms with E-state index < -0.39 is 5.97 Å². The molecule has 0 saturated carbocycles. The van der Waals surface area contributed by atoms with Crippen LogP contribution in [-0.2, 0) is 4.74 Å². The molecule has 2 heterocycles. The molecule has 6 heteroatoms. The molecule has 1 saturated heterocycles. The number of carbonyl (C=O) groups excluding carboxylic acids is 1. The number of hydrogen-bond donors (Lipinski definition) is 1. The highest BCUT2D eigenvalue weighted by atomic mass is 16.5. The highest BCUT2D eigenvalue weighted by Gasteiger charge is 2.29. The summed E-state index contributed by atoms with van der Waals surface area (Å²) >= 11 is 0. The van der Waals surface area contributed by atoms with Crippen LogP contribution in [0, 0.1) is 5.92 Å². The summed E-state index contributed by atoms with van der Waals surface area (Å²) < 4.78 is 10.8. The Morgan fingerprint density at radius 1 is 1.52 bits per heavy atom. The lowest BCUT2D eigenvalue weighted by Crippen LogP contribution is -2.30. The number of carbonyl (C=O) groups is 2. The summed E-state index contributed by atoms with van der Waals surface area (Å²) in [4.78, 5) is 24.6. The summed E-state index contributed by atoms with van der Waals surface area (Å²) in [7, 11) is 0. The zero-order valence-electron chi connectivity index (χ0n) is 12.4. The summed E-state index contributed by atoms with van der Waals surface area (Å²) in [6, 6.07) is 1.26. The van der Waals surface area contributed by atoms with E-state index >= 15 is 0 Å². The van der Waals surface area contributed by atoms with Crippen molar-refractivity contribution < 1.29 is 23.8 Å². The largest absolute Gasteiger partial charge is 0.478 e. The molecule has 21 heavy (non-hydrogen) atoms. The van der Waals surface area contributed by atoms with Crippen LogP contribution in [0.15, 0.2) is 16.7 Å². The van der Waals surface area contributed by atoms with E-state index in [1.807, 2.05) is 0 Å². The molecule has 0 aromatic carbocycles. The molecular formula is C15H21NO5. The zero-order valence-corrected chi connectivity index (χ0v) is 12.4. The van der Waals surface area contributed by atoms with Crippen LogP contribution in [0.25, 0.3) is 0 Å². The molecule has 1 amide bonds. The molecule has 1 aromatic rings. The molecule has 6 nitrogen and oxygen atoms in total. The van der Waals surface area contributed by atoms with Crippen molar-refractivity contribution >= 4 is 11.9 Å². The van der Waals surface area contributed by atoms with Crippen molar-refractivity contribution in [2.45, 2.75) is 32.8 Å². The maximum absolute atomic E-state index is 12.2. The van der Waals surface area contributed by atoms with Crippen LogP contribution in [0.5, 0.6) is 0 Å². The Bertz CT molecular complexity index is 508. The maximum atomic E-state index is 12.2. The lowest BCUT2D eigenvalue weighted by Gasteiger charge is -2.15. The highest BCUT2D eigenvalue weighted by Crippen LogP contribution is 2.18. The van der Waals surface area contributed by atoms with Crippen LogP contribution in [0.4, 0.5) is 0 Å². The molecule has 1 aliphatic heterocycles. The average molecular weight is 295 g/mol. The lowest BCUT2D eigenvalue weighted by atomic mass is 10.1. The SMILES string of the molecule is CC(C)CCOC1CCN(C(=O)c2cc(C(=O)O)co2)C1. The molecule has 0 radical (unpaired) electrons. The van der Waals surface area contributed by atoms with Gasteiger partial charge in [-0.25, -0.2) is 4.79 Å². The summed E-state index contributed by atoms with van der Waals surface area (Å²) in [5.74, 6) is -0.719. The maximum Gasteiger partial charge on any atom is 0.338 e. The van der Waals surface area contributed by atoms with Crippen molar-refractivity contribution in [1.29, 1.82) is 0 Å². The first-order valence-electron chi connectivity index (χ1n) is 7.20. The molecule has 0 spiro atoms. The fraction of sp³-hybridized carbons (Fsp3) is 0.600. The molecule has 1 N–H and O–H groups in total. The van der Waals surface area contributed by atoms with Gasteiger partial charge in [-0.3, -0.25) is 4.79 Å². The van der Waals surface area contributed by atoms with Crippen LogP contribution < -0.4 is 0 Å². The molecule has 1 unspecified atom stereocenters. The average Bonchev–Trinajstić information content (AvgIpc) is 3.06. The number of ether oxygens (including phenoxy) is 1. The van der Waals surface area contributed by atoms with Gasteiger partial charge in [0.15, 0.2) is 5.76 Å². The number of furan rings is 1. The van der Waals surface area contributed by atoms with Gasteiger partial charge in [0.05, 0.1) is 11.7 Å². The molecule has 116 valence electrons. The highest BCUT2D eigenvalue weighted by molar-refractivity contribution is 5.95. The van der Waals surface area contributed by atoms with Crippen molar-refractivity contribution in [1.82, 2.24) is 4.90 Å². The first kappa shape index (κ1) is 15.6. The molecular weight excluding hydrogens is 274 g/mol. The predicted molar refractivity (Wildman–Crippen MR) is 75.4 cm³/mol. The minimum absolute atomic E-state index is 0.0118. The van der Waals surface area contributed by atoms with Gasteiger partial charge in [0.25, 0.3) is 5.91 Å². The zero-order chi connectivity index (χ0) is 15.4. The molecule has 0 aliphatic carbocycles. The second-order valence-corrected chi connectivity index (χ2v) is 5.72. The molecule has 0 bridgehead atoms. The minimum Gasteiger partial charge on any atom is -0.478 e. The Labute approximate surface area is 123 Å². The molecule has 1 fully saturated rings. The van der Waals surface area contributed by atoms with E-state index in [-0.39, 0.29) is 23.3 Å². The molecule has 1 atom stereocenters. The Kier molecular flexibility index (Phi) is 5.01. The second-order valence-electron chi connectivity index (χ2n) is 5.72. The van der Waals surface area contributed by atoms with E-state index in [2.05, 4.69) is 13.8 Å². The van der Waals surface area contributed by atoms with E-state index in [9.17, 15) is 9.59 Å². The lowest BCUT2D eigenvalue weighted by molar-refractivity contribution is 0.0475. The Balaban J connectivity index is 1.85. The van der Waals surface area contributed by atoms with Gasteiger partial charge in [-0.05, 0) is 18.8 Å². The first-order chi connectivity index (χ1) is 9.97. The Hall–Kier alpha value is -1.82. The van der Waals surface area contributed by atoms with E-state index in [4.69, 9.17) is 14.3 Å². The second kappa shape index (κ2) is 6.76. The Morgan fingerprint density at radius 2 is 2.29 bits per heavy atom. The van der Waals surface area contributed by atoms with Crippen LogP contribution >= 0.6 is 0 Å². The number of rotatable bonds is 6. The number of likely N-dealkylation sites (tertiary alicyclic amines) is 1. The van der Waals surface area contributed by atoms with Gasteiger partial charge in [0.2, 0.25) is 0 Å². The smallest absolute Gasteiger partial charge is 0.338 e. The van der Waals surface area contributed by atoms with Crippen LogP contribution in [0.2, 0.25) is 0 Å². The van der Waals surface area contributed by atoms with Crippen molar-refractivity contribution in [2.24, 2.45) is 5.92 Å². The monoisotopic (exact) mass is 295 g/mol. The summed E-state index contributed by atoms with van der Waals surface area (Å²) in [5.41, 5.74) is -0.0118. The van der Waals surface area contributed by atoms with Crippen LogP contribution in [-0.4, -0.2) is 47.7 Å². The van der Waals surface area contributed by atoms with Gasteiger partial charge in [-0.1, -0.05) is 13.8 Å². The number of hydrogen-bond acceptors (Lipinski definition) is 4. The van der Waals surface area contributed by atoms with Crippen molar-refractivity contribution in [2.75, 3.05) is 19.7 Å². The quantitative estimate of drug-likeness (QED) is 0.870. The summed E-state index contributed by atoms with van der Waals surface area (Å²) in [5, 5.41) is 8.82. The molecule has 1 aromatic heterocycles. The first-order valence-corrected chi connectivity index (χ1v) is 7.20. The normalized spacial score (nSPS) is 18.4. The number of carboxylic acid groups (broad SMARTS) is 1. The van der Waals surface area contributed by atoms with Crippen molar-refractivity contribution in [3.8, 4) is 0 Å². The van der Waals surface area contributed by atoms with E-state index in [0.29, 0.717) is 25.6 Å². The number of carboxylic acids is 1. The standard InChI is InChI=1S/C15H21NO5/c1-10(2)4-6-20-12-3-5-16(8-12)14(17)13-7-11(9-21-13)15(18)19/h7,9-10,12H,3-6,8H2,1-2H3,(H,18,19). The number of amides is 1. The van der Waals surface area contributed by atoms with Crippen LogP contribution in [0.3, 0.4) is 0 Å². The Morgan fingerprint density at radius 3 is 2.90 bits per heavy atom. The van der Waals surface area contributed by atoms with Crippen molar-refractivity contribution in [3.05, 3.63) is 23.7 Å². The fourth-order valence-electron chi connectivity index (χ4n) is 2.24. The van der Waals surface area contributed by atoms with Crippen molar-refractivity contribution in [3.63, 3.8) is 0 Å². The minimum atomic E-state index is -1.10. The van der Waals surface area contributed by atoms with Crippen LogP contribution in [0.1, 0.15) is 47.6 Å². The van der Waals surface area contributed by atoms with Gasteiger partial charge in [0, 0.05) is 25.8 Å². The van der Waals surface area contributed by atoms with Gasteiger partial charge < -0.3 is 19.2 Å². The summed E-state index contributed by atoms with van der Waals surface area (Å²) in [6.07, 6.45) is 2.95. The third kappa shape index (κ3) is 4.07.